The number of nitrogens with zero attached hydrogens (tertiary/aromatic N) is 5. The number of rotatable bonds is 4. The number of phenols is 1. The number of aromatic nitrogens is 4. The third kappa shape index (κ3) is 3.22. The molecule has 4 atom stereocenters. The number of hydrogen-bond donors (Lipinski definition) is 1. The van der Waals surface area contributed by atoms with Crippen LogP contribution in [-0.4, -0.2) is 60.4 Å². The molecule has 4 unspecified atom stereocenters. The molecule has 0 aliphatic carbocycles. The van der Waals surface area contributed by atoms with E-state index in [-0.39, 0.29) is 11.3 Å². The first-order chi connectivity index (χ1) is 14.7. The third-order valence-electron chi connectivity index (χ3n) is 7.16. The maximum atomic E-state index is 15.4. The van der Waals surface area contributed by atoms with E-state index in [1.807, 2.05) is 39.2 Å². The van der Waals surface area contributed by atoms with Crippen LogP contribution in [0.3, 0.4) is 0 Å². The van der Waals surface area contributed by atoms with E-state index in [9.17, 15) is 5.11 Å². The topological polar surface area (TPSA) is 76.3 Å². The lowest BCUT2D eigenvalue weighted by Crippen LogP contribution is -2.63. The van der Waals surface area contributed by atoms with Crippen molar-refractivity contribution >= 4 is 11.3 Å². The van der Waals surface area contributed by atoms with Crippen molar-refractivity contribution < 1.29 is 14.2 Å². The Morgan fingerprint density at radius 2 is 2.03 bits per heavy atom. The van der Waals surface area contributed by atoms with Crippen LogP contribution in [0.15, 0.2) is 30.5 Å². The van der Waals surface area contributed by atoms with Gasteiger partial charge in [-0.3, -0.25) is 4.90 Å². The van der Waals surface area contributed by atoms with Crippen molar-refractivity contribution in [1.82, 2.24) is 24.9 Å². The Morgan fingerprint density at radius 1 is 1.23 bits per heavy atom. The van der Waals surface area contributed by atoms with Gasteiger partial charge in [-0.25, -0.2) is 9.07 Å². The molecule has 31 heavy (non-hydrogen) atoms. The van der Waals surface area contributed by atoms with Crippen LogP contribution in [0.4, 0.5) is 4.39 Å². The summed E-state index contributed by atoms with van der Waals surface area (Å²) in [4.78, 5) is 2.18. The SMILES string of the molecule is Cc1ccn(-c2ccc(-c3nnc(OC4CC5(C)CCC(C)(C4F)N5C)s3)c(O)c2)n1. The number of halogens is 1. The second kappa shape index (κ2) is 7.00. The molecule has 0 saturated carbocycles. The molecule has 0 radical (unpaired) electrons. The molecule has 2 aromatic heterocycles. The highest BCUT2D eigenvalue weighted by Crippen LogP contribution is 2.51. The number of aryl methyl sites for hydroxylation is 1. The van der Waals surface area contributed by atoms with Crippen LogP contribution >= 0.6 is 11.3 Å². The fourth-order valence-corrected chi connectivity index (χ4v) is 5.76. The predicted molar refractivity (Wildman–Crippen MR) is 117 cm³/mol. The summed E-state index contributed by atoms with van der Waals surface area (Å²) in [5.74, 6) is 0.0779. The summed E-state index contributed by atoms with van der Waals surface area (Å²) < 4.78 is 23.1. The molecule has 5 rings (SSSR count). The molecule has 3 aromatic rings. The van der Waals surface area contributed by atoms with Crippen LogP contribution in [-0.2, 0) is 0 Å². The highest BCUT2D eigenvalue weighted by atomic mass is 32.1. The second-order valence-corrected chi connectivity index (χ2v) is 10.1. The minimum absolute atomic E-state index is 0.0749. The molecular formula is C22H26FN5O2S. The van der Waals surface area contributed by atoms with Gasteiger partial charge in [0.25, 0.3) is 5.19 Å². The highest BCUT2D eigenvalue weighted by Gasteiger charge is 2.60. The maximum Gasteiger partial charge on any atom is 0.294 e. The van der Waals surface area contributed by atoms with Gasteiger partial charge in [-0.15, -0.1) is 5.10 Å². The van der Waals surface area contributed by atoms with Gasteiger partial charge in [0.1, 0.15) is 11.9 Å². The lowest BCUT2D eigenvalue weighted by molar-refractivity contribution is -0.0876. The van der Waals surface area contributed by atoms with Gasteiger partial charge in [0.2, 0.25) is 0 Å². The number of fused-ring (bicyclic) bond motifs is 2. The molecule has 1 aromatic carbocycles. The van der Waals surface area contributed by atoms with Gasteiger partial charge in [-0.2, -0.15) is 5.10 Å². The number of benzene rings is 1. The zero-order valence-electron chi connectivity index (χ0n) is 18.0. The van der Waals surface area contributed by atoms with E-state index in [0.717, 1.165) is 24.2 Å². The minimum Gasteiger partial charge on any atom is -0.507 e. The zero-order valence-corrected chi connectivity index (χ0v) is 18.9. The first-order valence-corrected chi connectivity index (χ1v) is 11.3. The summed E-state index contributed by atoms with van der Waals surface area (Å²) in [5.41, 5.74) is 1.60. The van der Waals surface area contributed by atoms with Gasteiger partial charge in [-0.05, 0) is 58.9 Å². The Kier molecular flexibility index (Phi) is 4.60. The van der Waals surface area contributed by atoms with Gasteiger partial charge in [0, 0.05) is 24.2 Å². The van der Waals surface area contributed by atoms with Crippen LogP contribution in [0.25, 0.3) is 16.3 Å². The number of ether oxygens (including phenoxy) is 1. The summed E-state index contributed by atoms with van der Waals surface area (Å²) in [6.07, 6.45) is 2.55. The standard InChI is InChI=1S/C22H26FN5O2S/c1-13-7-10-28(26-13)14-5-6-15(16(29)11-14)19-24-25-20(31-19)30-17-12-21(2)8-9-22(3,18(17)23)27(21)4/h5-7,10-11,17-18,29H,8-9,12H2,1-4H3. The molecule has 164 valence electrons. The Morgan fingerprint density at radius 3 is 2.74 bits per heavy atom. The van der Waals surface area contributed by atoms with Crippen molar-refractivity contribution in [2.24, 2.45) is 0 Å². The summed E-state index contributed by atoms with van der Waals surface area (Å²) in [6.45, 7) is 6.06. The summed E-state index contributed by atoms with van der Waals surface area (Å²) in [7, 11) is 2.01. The highest BCUT2D eigenvalue weighted by molar-refractivity contribution is 7.16. The molecule has 9 heteroatoms. The smallest absolute Gasteiger partial charge is 0.294 e. The van der Waals surface area contributed by atoms with E-state index in [4.69, 9.17) is 4.74 Å². The Bertz CT molecular complexity index is 1130. The lowest BCUT2D eigenvalue weighted by Gasteiger charge is -2.50. The number of piperidine rings is 1. The lowest BCUT2D eigenvalue weighted by atomic mass is 9.82. The van der Waals surface area contributed by atoms with Crippen LogP contribution in [0.1, 0.15) is 38.8 Å². The van der Waals surface area contributed by atoms with E-state index in [1.165, 1.54) is 11.3 Å². The van der Waals surface area contributed by atoms with Gasteiger partial charge >= 0.3 is 0 Å². The van der Waals surface area contributed by atoms with Crippen molar-refractivity contribution in [2.45, 2.75) is 63.4 Å². The van der Waals surface area contributed by atoms with Crippen molar-refractivity contribution in [3.63, 3.8) is 0 Å². The van der Waals surface area contributed by atoms with Crippen molar-refractivity contribution in [3.05, 3.63) is 36.2 Å². The van der Waals surface area contributed by atoms with Gasteiger partial charge in [-0.1, -0.05) is 16.4 Å². The monoisotopic (exact) mass is 443 g/mol. The average molecular weight is 444 g/mol. The minimum atomic E-state index is -1.11. The molecule has 2 bridgehead atoms. The number of aromatic hydroxyl groups is 1. The van der Waals surface area contributed by atoms with Crippen molar-refractivity contribution in [3.8, 4) is 27.2 Å². The molecule has 4 heterocycles. The van der Waals surface area contributed by atoms with Crippen molar-refractivity contribution in [1.29, 1.82) is 0 Å². The Labute approximate surface area is 184 Å². The number of hydrogen-bond acceptors (Lipinski definition) is 7. The van der Waals surface area contributed by atoms with Crippen LogP contribution < -0.4 is 4.74 Å². The maximum absolute atomic E-state index is 15.4. The zero-order chi connectivity index (χ0) is 22.0. The van der Waals surface area contributed by atoms with E-state index in [0.29, 0.717) is 22.2 Å². The second-order valence-electron chi connectivity index (χ2n) is 9.15. The van der Waals surface area contributed by atoms with Gasteiger partial charge in [0.05, 0.1) is 22.5 Å². The van der Waals surface area contributed by atoms with Crippen LogP contribution in [0, 0.1) is 6.92 Å². The molecule has 2 fully saturated rings. The van der Waals surface area contributed by atoms with Crippen LogP contribution in [0.5, 0.6) is 10.9 Å². The predicted octanol–water partition coefficient (Wildman–Crippen LogP) is 4.14. The van der Waals surface area contributed by atoms with E-state index >= 15 is 4.39 Å². The third-order valence-corrected chi connectivity index (χ3v) is 8.01. The van der Waals surface area contributed by atoms with E-state index in [1.54, 1.807) is 16.8 Å². The normalized spacial score (nSPS) is 30.6. The molecule has 2 aliphatic rings. The fraction of sp³-hybridized carbons (Fsp3) is 0.500. The molecule has 0 spiro atoms. The first kappa shape index (κ1) is 20.4. The van der Waals surface area contributed by atoms with Gasteiger partial charge < -0.3 is 9.84 Å². The molecule has 1 N–H and O–H groups in total. The molecular weight excluding hydrogens is 417 g/mol. The number of alkyl halides is 1. The number of phenolic OH excluding ortho intramolecular Hbond substituents is 1. The first-order valence-electron chi connectivity index (χ1n) is 10.4. The molecule has 2 aliphatic heterocycles. The van der Waals surface area contributed by atoms with E-state index in [2.05, 4.69) is 27.1 Å². The Hall–Kier alpha value is -2.52. The summed E-state index contributed by atoms with van der Waals surface area (Å²) in [6, 6.07) is 7.17. The largest absolute Gasteiger partial charge is 0.507 e. The average Bonchev–Trinajstić information content (AvgIpc) is 3.42. The molecule has 7 nitrogen and oxygen atoms in total. The van der Waals surface area contributed by atoms with E-state index < -0.39 is 17.8 Å². The molecule has 2 saturated heterocycles. The van der Waals surface area contributed by atoms with Crippen LogP contribution in [0.2, 0.25) is 0 Å². The Balaban J connectivity index is 1.36. The molecule has 0 amide bonds. The quantitative estimate of drug-likeness (QED) is 0.653. The van der Waals surface area contributed by atoms with Crippen molar-refractivity contribution in [2.75, 3.05) is 7.05 Å². The summed E-state index contributed by atoms with van der Waals surface area (Å²) >= 11 is 1.22. The van der Waals surface area contributed by atoms with Gasteiger partial charge in [0.15, 0.2) is 11.2 Å². The fourth-order valence-electron chi connectivity index (χ4n) is 4.97. The summed E-state index contributed by atoms with van der Waals surface area (Å²) in [5, 5.41) is 24.1.